The minimum atomic E-state index is -0.0754. The van der Waals surface area contributed by atoms with Crippen molar-refractivity contribution in [1.29, 1.82) is 0 Å². The fraction of sp³-hybridized carbons (Fsp3) is 0.375. The van der Waals surface area contributed by atoms with E-state index in [0.717, 1.165) is 41.1 Å². The standard InChI is InChI=1S/C24H27N7O3/c1-17-13-18(3-6-25-17)14-21(32)31-7-4-20-22(30-8-11-33-12-9-30)27-24(28-23(20)31)34-10-5-19-15-26-29(2)16-19/h3-4,6-7,13,15-16H,5,8-12,14H2,1-2H3. The molecule has 0 N–H and O–H groups in total. The SMILES string of the molecule is Cc1cc(CC(=O)n2ccc3c(N4CCOCC4)nc(OCCc4cnn(C)c4)nc32)ccn1. The van der Waals surface area contributed by atoms with E-state index in [4.69, 9.17) is 14.5 Å². The van der Waals surface area contributed by atoms with Gasteiger partial charge in [-0.2, -0.15) is 15.1 Å². The van der Waals surface area contributed by atoms with Crippen LogP contribution in [0.1, 0.15) is 21.6 Å². The van der Waals surface area contributed by atoms with Crippen LogP contribution in [0.4, 0.5) is 5.82 Å². The Balaban J connectivity index is 1.44. The maximum atomic E-state index is 13.2. The highest BCUT2D eigenvalue weighted by Gasteiger charge is 2.22. The minimum Gasteiger partial charge on any atom is -0.463 e. The molecule has 0 aromatic carbocycles. The molecule has 34 heavy (non-hydrogen) atoms. The molecule has 176 valence electrons. The van der Waals surface area contributed by atoms with E-state index < -0.39 is 0 Å². The lowest BCUT2D eigenvalue weighted by atomic mass is 10.1. The van der Waals surface area contributed by atoms with E-state index >= 15 is 0 Å². The molecule has 1 saturated heterocycles. The summed E-state index contributed by atoms with van der Waals surface area (Å²) in [7, 11) is 1.88. The van der Waals surface area contributed by atoms with Crippen LogP contribution in [-0.2, 0) is 24.6 Å². The molecule has 4 aromatic heterocycles. The first-order chi connectivity index (χ1) is 16.6. The van der Waals surface area contributed by atoms with Gasteiger partial charge in [-0.3, -0.25) is 19.0 Å². The van der Waals surface area contributed by atoms with Crippen molar-refractivity contribution < 1.29 is 14.3 Å². The molecular formula is C24H27N7O3. The van der Waals surface area contributed by atoms with Gasteiger partial charge in [-0.15, -0.1) is 0 Å². The van der Waals surface area contributed by atoms with Gasteiger partial charge in [-0.1, -0.05) is 0 Å². The molecule has 0 aliphatic carbocycles. The van der Waals surface area contributed by atoms with Crippen molar-refractivity contribution in [2.24, 2.45) is 7.05 Å². The van der Waals surface area contributed by atoms with Gasteiger partial charge < -0.3 is 14.4 Å². The van der Waals surface area contributed by atoms with Gasteiger partial charge in [0.25, 0.3) is 0 Å². The fourth-order valence-corrected chi connectivity index (χ4v) is 4.10. The van der Waals surface area contributed by atoms with E-state index in [-0.39, 0.29) is 18.3 Å². The van der Waals surface area contributed by atoms with Crippen molar-refractivity contribution in [2.45, 2.75) is 19.8 Å². The second-order valence-electron chi connectivity index (χ2n) is 8.35. The predicted molar refractivity (Wildman–Crippen MR) is 126 cm³/mol. The summed E-state index contributed by atoms with van der Waals surface area (Å²) in [6.07, 6.45) is 8.19. The van der Waals surface area contributed by atoms with Crippen LogP contribution in [0.15, 0.2) is 43.0 Å². The van der Waals surface area contributed by atoms with E-state index in [1.807, 2.05) is 44.6 Å². The molecule has 0 radical (unpaired) electrons. The van der Waals surface area contributed by atoms with E-state index in [0.29, 0.717) is 31.9 Å². The van der Waals surface area contributed by atoms with Crippen LogP contribution in [-0.4, -0.2) is 68.1 Å². The molecular weight excluding hydrogens is 434 g/mol. The summed E-state index contributed by atoms with van der Waals surface area (Å²) in [5.41, 5.74) is 3.41. The number of anilines is 1. The highest BCUT2D eigenvalue weighted by Crippen LogP contribution is 2.28. The van der Waals surface area contributed by atoms with Crippen LogP contribution in [0, 0.1) is 6.92 Å². The number of nitrogens with zero attached hydrogens (tertiary/aromatic N) is 7. The fourth-order valence-electron chi connectivity index (χ4n) is 4.10. The second kappa shape index (κ2) is 9.60. The molecule has 0 spiro atoms. The quantitative estimate of drug-likeness (QED) is 0.413. The molecule has 4 aromatic rings. The van der Waals surface area contributed by atoms with Crippen LogP contribution in [0.2, 0.25) is 0 Å². The number of ether oxygens (including phenoxy) is 2. The molecule has 5 rings (SSSR count). The molecule has 10 nitrogen and oxygen atoms in total. The van der Waals surface area contributed by atoms with E-state index in [9.17, 15) is 4.79 Å². The summed E-state index contributed by atoms with van der Waals surface area (Å²) >= 11 is 0. The third-order valence-corrected chi connectivity index (χ3v) is 5.78. The maximum Gasteiger partial charge on any atom is 0.320 e. The van der Waals surface area contributed by atoms with Gasteiger partial charge in [0.05, 0.1) is 37.8 Å². The molecule has 10 heteroatoms. The lowest BCUT2D eigenvalue weighted by Gasteiger charge is -2.28. The van der Waals surface area contributed by atoms with Crippen LogP contribution >= 0.6 is 0 Å². The molecule has 1 aliphatic heterocycles. The highest BCUT2D eigenvalue weighted by atomic mass is 16.5. The van der Waals surface area contributed by atoms with E-state index in [1.165, 1.54) is 0 Å². The molecule has 1 aliphatic rings. The molecule has 1 fully saturated rings. The van der Waals surface area contributed by atoms with Gasteiger partial charge in [-0.25, -0.2) is 0 Å². The normalized spacial score (nSPS) is 14.0. The summed E-state index contributed by atoms with van der Waals surface area (Å²) < 4.78 is 14.8. The molecule has 0 atom stereocenters. The summed E-state index contributed by atoms with van der Waals surface area (Å²) in [4.78, 5) is 28.9. The zero-order chi connectivity index (χ0) is 23.5. The lowest BCUT2D eigenvalue weighted by Crippen LogP contribution is -2.37. The Labute approximate surface area is 197 Å². The number of carbonyl (C=O) groups is 1. The Kier molecular flexibility index (Phi) is 6.22. The van der Waals surface area contributed by atoms with Gasteiger partial charge in [0.1, 0.15) is 5.82 Å². The number of hydrogen-bond acceptors (Lipinski definition) is 8. The van der Waals surface area contributed by atoms with Crippen molar-refractivity contribution in [3.63, 3.8) is 0 Å². The molecule has 0 amide bonds. The number of fused-ring (bicyclic) bond motifs is 1. The highest BCUT2D eigenvalue weighted by molar-refractivity contribution is 5.96. The van der Waals surface area contributed by atoms with Gasteiger partial charge in [0, 0.05) is 50.8 Å². The number of carbonyl (C=O) groups excluding carboxylic acids is 1. The minimum absolute atomic E-state index is 0.0754. The van der Waals surface area contributed by atoms with Crippen molar-refractivity contribution in [3.8, 4) is 6.01 Å². The Morgan fingerprint density at radius 2 is 2.03 bits per heavy atom. The zero-order valence-corrected chi connectivity index (χ0v) is 19.3. The first-order valence-electron chi connectivity index (χ1n) is 11.3. The van der Waals surface area contributed by atoms with Gasteiger partial charge in [0.15, 0.2) is 5.65 Å². The molecule has 0 bridgehead atoms. The van der Waals surface area contributed by atoms with E-state index in [2.05, 4.69) is 20.0 Å². The predicted octanol–water partition coefficient (Wildman–Crippen LogP) is 2.21. The second-order valence-corrected chi connectivity index (χ2v) is 8.35. The average molecular weight is 462 g/mol. The van der Waals surface area contributed by atoms with Gasteiger partial charge >= 0.3 is 6.01 Å². The summed E-state index contributed by atoms with van der Waals surface area (Å²) in [6.45, 7) is 5.02. The first kappa shape index (κ1) is 22.0. The van der Waals surface area contributed by atoms with Crippen LogP contribution in [0.3, 0.4) is 0 Å². The van der Waals surface area contributed by atoms with Crippen LogP contribution < -0.4 is 9.64 Å². The van der Waals surface area contributed by atoms with Gasteiger partial charge in [-0.05, 0) is 36.2 Å². The molecule has 0 saturated carbocycles. The van der Waals surface area contributed by atoms with Crippen molar-refractivity contribution in [3.05, 3.63) is 59.8 Å². The summed E-state index contributed by atoms with van der Waals surface area (Å²) in [6, 6.07) is 5.93. The van der Waals surface area contributed by atoms with Crippen molar-refractivity contribution in [1.82, 2.24) is 29.3 Å². The number of aryl methyl sites for hydroxylation is 2. The monoisotopic (exact) mass is 461 g/mol. The number of morpholine rings is 1. The van der Waals surface area contributed by atoms with Crippen molar-refractivity contribution in [2.75, 3.05) is 37.8 Å². The smallest absolute Gasteiger partial charge is 0.320 e. The summed E-state index contributed by atoms with van der Waals surface area (Å²) in [5, 5.41) is 5.01. The summed E-state index contributed by atoms with van der Waals surface area (Å²) in [5.74, 6) is 0.685. The number of rotatable bonds is 7. The van der Waals surface area contributed by atoms with Crippen LogP contribution in [0.25, 0.3) is 11.0 Å². The third kappa shape index (κ3) is 4.76. The third-order valence-electron chi connectivity index (χ3n) is 5.78. The first-order valence-corrected chi connectivity index (χ1v) is 11.3. The number of hydrogen-bond donors (Lipinski definition) is 0. The lowest BCUT2D eigenvalue weighted by molar-refractivity contribution is 0.0918. The maximum absolute atomic E-state index is 13.2. The largest absolute Gasteiger partial charge is 0.463 e. The Morgan fingerprint density at radius 1 is 1.18 bits per heavy atom. The van der Waals surface area contributed by atoms with Crippen molar-refractivity contribution >= 4 is 22.8 Å². The zero-order valence-electron chi connectivity index (χ0n) is 19.3. The Bertz CT molecular complexity index is 1310. The van der Waals surface area contributed by atoms with Gasteiger partial charge in [0.2, 0.25) is 5.91 Å². The molecule has 5 heterocycles. The average Bonchev–Trinajstić information content (AvgIpc) is 3.45. The molecule has 0 unspecified atom stereocenters. The number of pyridine rings is 1. The van der Waals surface area contributed by atoms with E-state index in [1.54, 1.807) is 21.6 Å². The topological polar surface area (TPSA) is 100 Å². The Morgan fingerprint density at radius 3 is 2.79 bits per heavy atom. The van der Waals surface area contributed by atoms with Crippen LogP contribution in [0.5, 0.6) is 6.01 Å². The number of aromatic nitrogens is 6. The Hall–Kier alpha value is -3.79.